The van der Waals surface area contributed by atoms with Crippen LogP contribution in [-0.2, 0) is 14.6 Å². The van der Waals surface area contributed by atoms with E-state index in [9.17, 15) is 13.2 Å². The van der Waals surface area contributed by atoms with E-state index in [1.165, 1.54) is 0 Å². The first-order chi connectivity index (χ1) is 12.6. The molecule has 7 heteroatoms. The third kappa shape index (κ3) is 6.16. The Bertz CT molecular complexity index is 902. The van der Waals surface area contributed by atoms with E-state index in [-0.39, 0.29) is 29.6 Å². The Morgan fingerprint density at radius 2 is 1.63 bits per heavy atom. The number of hydrogen-bond acceptors (Lipinski definition) is 4. The van der Waals surface area contributed by atoms with Crippen LogP contribution in [0.4, 0.5) is 5.69 Å². The van der Waals surface area contributed by atoms with Crippen molar-refractivity contribution in [2.45, 2.75) is 25.7 Å². The summed E-state index contributed by atoms with van der Waals surface area (Å²) in [4.78, 5) is 14.3. The molecule has 0 aliphatic heterocycles. The predicted octanol–water partition coefficient (Wildman–Crippen LogP) is 3.72. The number of carbonyl (C=O) groups excluding carboxylic acids is 1. The van der Waals surface area contributed by atoms with Gasteiger partial charge in [0.15, 0.2) is 9.84 Å². The van der Waals surface area contributed by atoms with Crippen molar-refractivity contribution >= 4 is 37.4 Å². The molecule has 0 aromatic heterocycles. The molecule has 0 aliphatic carbocycles. The molecule has 146 valence electrons. The summed E-state index contributed by atoms with van der Waals surface area (Å²) in [6.45, 7) is 6.35. The molecule has 0 atom stereocenters. The zero-order valence-electron chi connectivity index (χ0n) is 16.0. The van der Waals surface area contributed by atoms with Crippen molar-refractivity contribution in [2.75, 3.05) is 31.2 Å². The van der Waals surface area contributed by atoms with Gasteiger partial charge in [0.1, 0.15) is 0 Å². The SMILES string of the molecule is Cc1cc(C)c(NC(=O)CN(C)CCS(=O)(=O)c2ccc(Br)cc2)c(C)c1. The van der Waals surface area contributed by atoms with Gasteiger partial charge in [-0.05, 0) is 63.2 Å². The van der Waals surface area contributed by atoms with E-state index in [0.29, 0.717) is 0 Å². The van der Waals surface area contributed by atoms with Gasteiger partial charge in [0.05, 0.1) is 17.2 Å². The van der Waals surface area contributed by atoms with Crippen LogP contribution in [-0.4, -0.2) is 45.1 Å². The maximum absolute atomic E-state index is 12.4. The molecule has 0 heterocycles. The Balaban J connectivity index is 1.93. The fourth-order valence-electron chi connectivity index (χ4n) is 2.92. The highest BCUT2D eigenvalue weighted by molar-refractivity contribution is 9.10. The molecule has 5 nitrogen and oxygen atoms in total. The van der Waals surface area contributed by atoms with Crippen LogP contribution in [0, 0.1) is 20.8 Å². The summed E-state index contributed by atoms with van der Waals surface area (Å²) in [5.74, 6) is -0.199. The summed E-state index contributed by atoms with van der Waals surface area (Å²) in [5, 5.41) is 2.94. The standard InChI is InChI=1S/C20H25BrN2O3S/c1-14-11-15(2)20(16(3)12-14)22-19(24)13-23(4)9-10-27(25,26)18-7-5-17(21)6-8-18/h5-8,11-12H,9-10,13H2,1-4H3,(H,22,24). The molecule has 0 bridgehead atoms. The zero-order chi connectivity index (χ0) is 20.2. The fraction of sp³-hybridized carbons (Fsp3) is 0.350. The second-order valence-electron chi connectivity index (χ2n) is 6.83. The van der Waals surface area contributed by atoms with Gasteiger partial charge >= 0.3 is 0 Å². The van der Waals surface area contributed by atoms with Crippen LogP contribution < -0.4 is 5.32 Å². The van der Waals surface area contributed by atoms with E-state index in [1.54, 1.807) is 36.2 Å². The van der Waals surface area contributed by atoms with Crippen LogP contribution in [0.1, 0.15) is 16.7 Å². The zero-order valence-corrected chi connectivity index (χ0v) is 18.4. The average Bonchev–Trinajstić information content (AvgIpc) is 2.57. The van der Waals surface area contributed by atoms with Crippen molar-refractivity contribution in [3.05, 3.63) is 57.6 Å². The molecule has 1 amide bonds. The summed E-state index contributed by atoms with van der Waals surface area (Å²) in [6.07, 6.45) is 0. The molecule has 0 unspecified atom stereocenters. The minimum Gasteiger partial charge on any atom is -0.324 e. The molecule has 1 N–H and O–H groups in total. The third-order valence-corrected chi connectivity index (χ3v) is 6.51. The largest absolute Gasteiger partial charge is 0.324 e. The van der Waals surface area contributed by atoms with Crippen molar-refractivity contribution in [2.24, 2.45) is 0 Å². The average molecular weight is 453 g/mol. The van der Waals surface area contributed by atoms with E-state index in [4.69, 9.17) is 0 Å². The van der Waals surface area contributed by atoms with Gasteiger partial charge in [0.2, 0.25) is 5.91 Å². The molecular weight excluding hydrogens is 428 g/mol. The van der Waals surface area contributed by atoms with E-state index < -0.39 is 9.84 Å². The number of hydrogen-bond donors (Lipinski definition) is 1. The molecule has 2 aromatic rings. The normalized spacial score (nSPS) is 11.6. The van der Waals surface area contributed by atoms with Crippen LogP contribution in [0.5, 0.6) is 0 Å². The number of carbonyl (C=O) groups is 1. The summed E-state index contributed by atoms with van der Waals surface area (Å²) in [7, 11) is -1.64. The van der Waals surface area contributed by atoms with E-state index in [2.05, 4.69) is 21.2 Å². The molecule has 0 saturated heterocycles. The molecule has 0 saturated carbocycles. The lowest BCUT2D eigenvalue weighted by atomic mass is 10.1. The number of rotatable bonds is 7. The van der Waals surface area contributed by atoms with Gasteiger partial charge in [-0.2, -0.15) is 0 Å². The lowest BCUT2D eigenvalue weighted by Crippen LogP contribution is -2.33. The Morgan fingerprint density at radius 1 is 1.07 bits per heavy atom. The number of nitrogens with one attached hydrogen (secondary N) is 1. The molecule has 2 rings (SSSR count). The summed E-state index contributed by atoms with van der Waals surface area (Å²) >= 11 is 3.30. The van der Waals surface area contributed by atoms with Gasteiger partial charge in [0.25, 0.3) is 0 Å². The summed E-state index contributed by atoms with van der Waals surface area (Å²) < 4.78 is 25.6. The molecule has 0 spiro atoms. The minimum atomic E-state index is -3.38. The van der Waals surface area contributed by atoms with Crippen molar-refractivity contribution in [1.29, 1.82) is 0 Å². The minimum absolute atomic E-state index is 0.0407. The Morgan fingerprint density at radius 3 is 2.19 bits per heavy atom. The number of halogens is 1. The lowest BCUT2D eigenvalue weighted by molar-refractivity contribution is -0.117. The number of anilines is 1. The van der Waals surface area contributed by atoms with Crippen LogP contribution >= 0.6 is 15.9 Å². The van der Waals surface area contributed by atoms with Crippen molar-refractivity contribution in [1.82, 2.24) is 4.90 Å². The monoisotopic (exact) mass is 452 g/mol. The predicted molar refractivity (Wildman–Crippen MR) is 113 cm³/mol. The van der Waals surface area contributed by atoms with E-state index in [0.717, 1.165) is 26.9 Å². The first kappa shape index (κ1) is 21.6. The van der Waals surface area contributed by atoms with Gasteiger partial charge < -0.3 is 5.32 Å². The molecule has 27 heavy (non-hydrogen) atoms. The number of sulfone groups is 1. The van der Waals surface area contributed by atoms with E-state index in [1.807, 2.05) is 32.9 Å². The van der Waals surface area contributed by atoms with Crippen LogP contribution in [0.15, 0.2) is 45.8 Å². The second kappa shape index (κ2) is 8.99. The Kier molecular flexibility index (Phi) is 7.19. The maximum atomic E-state index is 12.4. The van der Waals surface area contributed by atoms with Gasteiger partial charge in [0, 0.05) is 16.7 Å². The maximum Gasteiger partial charge on any atom is 0.238 e. The number of benzene rings is 2. The number of aryl methyl sites for hydroxylation is 3. The van der Waals surface area contributed by atoms with Gasteiger partial charge in [-0.3, -0.25) is 9.69 Å². The highest BCUT2D eigenvalue weighted by atomic mass is 79.9. The number of nitrogens with zero attached hydrogens (tertiary/aromatic N) is 1. The number of likely N-dealkylation sites (N-methyl/N-ethyl adjacent to an activating group) is 1. The fourth-order valence-corrected chi connectivity index (χ4v) is 4.52. The number of amides is 1. The quantitative estimate of drug-likeness (QED) is 0.694. The van der Waals surface area contributed by atoms with Crippen molar-refractivity contribution in [3.8, 4) is 0 Å². The van der Waals surface area contributed by atoms with E-state index >= 15 is 0 Å². The Hall–Kier alpha value is -1.70. The first-order valence-corrected chi connectivity index (χ1v) is 11.1. The topological polar surface area (TPSA) is 66.5 Å². The van der Waals surface area contributed by atoms with Gasteiger partial charge in [-0.15, -0.1) is 0 Å². The first-order valence-electron chi connectivity index (χ1n) is 8.63. The van der Waals surface area contributed by atoms with Gasteiger partial charge in [-0.25, -0.2) is 8.42 Å². The highest BCUT2D eigenvalue weighted by Crippen LogP contribution is 2.22. The molecule has 0 radical (unpaired) electrons. The molecular formula is C20H25BrN2O3S. The van der Waals surface area contributed by atoms with Gasteiger partial charge in [-0.1, -0.05) is 33.6 Å². The van der Waals surface area contributed by atoms with Crippen LogP contribution in [0.25, 0.3) is 0 Å². The third-order valence-electron chi connectivity index (χ3n) is 4.27. The Labute approximate surface area is 169 Å². The second-order valence-corrected chi connectivity index (χ2v) is 9.86. The molecule has 2 aromatic carbocycles. The van der Waals surface area contributed by atoms with Crippen molar-refractivity contribution in [3.63, 3.8) is 0 Å². The van der Waals surface area contributed by atoms with Crippen LogP contribution in [0.2, 0.25) is 0 Å². The van der Waals surface area contributed by atoms with Crippen molar-refractivity contribution < 1.29 is 13.2 Å². The highest BCUT2D eigenvalue weighted by Gasteiger charge is 2.17. The lowest BCUT2D eigenvalue weighted by Gasteiger charge is -2.18. The molecule has 0 fully saturated rings. The summed E-state index contributed by atoms with van der Waals surface area (Å²) in [5.41, 5.74) is 4.00. The summed E-state index contributed by atoms with van der Waals surface area (Å²) in [6, 6.07) is 10.6. The smallest absolute Gasteiger partial charge is 0.238 e. The van der Waals surface area contributed by atoms with Crippen LogP contribution in [0.3, 0.4) is 0 Å². The molecule has 0 aliphatic rings.